The average Bonchev–Trinajstić information content (AvgIpc) is 2.56. The number of amides is 1. The number of nitrogens with one attached hydrogen (secondary N) is 1. The van der Waals surface area contributed by atoms with Crippen molar-refractivity contribution in [2.45, 2.75) is 39.8 Å². The quantitative estimate of drug-likeness (QED) is 0.775. The van der Waals surface area contributed by atoms with Crippen LogP contribution >= 0.6 is 11.6 Å². The third-order valence-electron chi connectivity index (χ3n) is 3.98. The van der Waals surface area contributed by atoms with Gasteiger partial charge in [0.05, 0.1) is 0 Å². The molecule has 0 atom stereocenters. The van der Waals surface area contributed by atoms with Crippen LogP contribution in [0.5, 0.6) is 0 Å². The highest BCUT2D eigenvalue weighted by Gasteiger charge is 2.16. The summed E-state index contributed by atoms with van der Waals surface area (Å²) >= 11 is 6.12. The monoisotopic (exact) mass is 344 g/mol. The van der Waals surface area contributed by atoms with Gasteiger partial charge in [-0.25, -0.2) is 0 Å². The van der Waals surface area contributed by atoms with Gasteiger partial charge in [-0.3, -0.25) is 4.79 Å². The first-order valence-corrected chi connectivity index (χ1v) is 8.68. The molecule has 24 heavy (non-hydrogen) atoms. The molecule has 0 unspecified atom stereocenters. The highest BCUT2D eigenvalue weighted by Crippen LogP contribution is 2.20. The van der Waals surface area contributed by atoms with Crippen LogP contribution in [0.1, 0.15) is 31.4 Å². The van der Waals surface area contributed by atoms with E-state index in [0.717, 1.165) is 21.8 Å². The van der Waals surface area contributed by atoms with Crippen molar-refractivity contribution in [3.05, 3.63) is 64.7 Å². The lowest BCUT2D eigenvalue weighted by molar-refractivity contribution is -0.133. The van der Waals surface area contributed by atoms with Gasteiger partial charge in [0.2, 0.25) is 5.91 Å². The van der Waals surface area contributed by atoms with Gasteiger partial charge in [-0.15, -0.1) is 0 Å². The van der Waals surface area contributed by atoms with Crippen LogP contribution < -0.4 is 5.32 Å². The van der Waals surface area contributed by atoms with E-state index < -0.39 is 0 Å². The molecule has 1 amide bonds. The highest BCUT2D eigenvalue weighted by molar-refractivity contribution is 6.31. The van der Waals surface area contributed by atoms with Gasteiger partial charge in [0.1, 0.15) is 0 Å². The summed E-state index contributed by atoms with van der Waals surface area (Å²) in [6, 6.07) is 16.1. The Morgan fingerprint density at radius 3 is 2.50 bits per heavy atom. The van der Waals surface area contributed by atoms with E-state index >= 15 is 0 Å². The Morgan fingerprint density at radius 1 is 1.17 bits per heavy atom. The molecule has 0 bridgehead atoms. The predicted molar refractivity (Wildman–Crippen MR) is 101 cm³/mol. The molecular weight excluding hydrogens is 320 g/mol. The van der Waals surface area contributed by atoms with E-state index in [9.17, 15) is 4.79 Å². The molecule has 0 aliphatic carbocycles. The highest BCUT2D eigenvalue weighted by atomic mass is 35.5. The van der Waals surface area contributed by atoms with Crippen molar-refractivity contribution in [2.24, 2.45) is 0 Å². The lowest BCUT2D eigenvalue weighted by Crippen LogP contribution is -2.37. The maximum absolute atomic E-state index is 12.6. The SMILES string of the molecule is Cc1ccc(NCCC(=O)N(Cc2ccccc2)C(C)C)cc1Cl. The largest absolute Gasteiger partial charge is 0.384 e. The topological polar surface area (TPSA) is 32.3 Å². The van der Waals surface area contributed by atoms with Crippen molar-refractivity contribution < 1.29 is 4.79 Å². The molecule has 2 aromatic carbocycles. The summed E-state index contributed by atoms with van der Waals surface area (Å²) in [7, 11) is 0. The summed E-state index contributed by atoms with van der Waals surface area (Å²) in [4.78, 5) is 14.5. The first-order valence-electron chi connectivity index (χ1n) is 8.31. The van der Waals surface area contributed by atoms with Crippen LogP contribution in [0.2, 0.25) is 5.02 Å². The molecule has 128 valence electrons. The molecule has 2 rings (SSSR count). The number of aryl methyl sites for hydroxylation is 1. The number of carbonyl (C=O) groups excluding carboxylic acids is 1. The summed E-state index contributed by atoms with van der Waals surface area (Å²) in [5, 5.41) is 4.00. The molecule has 0 spiro atoms. The summed E-state index contributed by atoms with van der Waals surface area (Å²) in [6.07, 6.45) is 0.455. The third-order valence-corrected chi connectivity index (χ3v) is 4.39. The minimum Gasteiger partial charge on any atom is -0.384 e. The summed E-state index contributed by atoms with van der Waals surface area (Å²) in [6.45, 7) is 7.31. The Morgan fingerprint density at radius 2 is 1.88 bits per heavy atom. The summed E-state index contributed by atoms with van der Waals surface area (Å²) in [5.74, 6) is 0.152. The van der Waals surface area contributed by atoms with Crippen molar-refractivity contribution >= 4 is 23.2 Å². The smallest absolute Gasteiger partial charge is 0.224 e. The zero-order valence-electron chi connectivity index (χ0n) is 14.6. The lowest BCUT2D eigenvalue weighted by atomic mass is 10.1. The number of hydrogen-bond donors (Lipinski definition) is 1. The van der Waals surface area contributed by atoms with Crippen LogP contribution in [-0.4, -0.2) is 23.4 Å². The second kappa shape index (κ2) is 8.74. The Bertz CT molecular complexity index is 671. The Balaban J connectivity index is 1.89. The standard InChI is InChI=1S/C20H25ClN2O/c1-15(2)23(14-17-7-5-4-6-8-17)20(24)11-12-22-18-10-9-16(3)19(21)13-18/h4-10,13,15,22H,11-12,14H2,1-3H3. The van der Waals surface area contributed by atoms with Gasteiger partial charge in [0, 0.05) is 36.3 Å². The fourth-order valence-electron chi connectivity index (χ4n) is 2.50. The molecule has 0 aliphatic heterocycles. The van der Waals surface area contributed by atoms with Crippen molar-refractivity contribution in [3.8, 4) is 0 Å². The van der Waals surface area contributed by atoms with Crippen LogP contribution in [-0.2, 0) is 11.3 Å². The van der Waals surface area contributed by atoms with Gasteiger partial charge in [-0.2, -0.15) is 0 Å². The van der Waals surface area contributed by atoms with E-state index in [1.165, 1.54) is 0 Å². The van der Waals surface area contributed by atoms with Crippen LogP contribution in [0.3, 0.4) is 0 Å². The maximum Gasteiger partial charge on any atom is 0.224 e. The molecule has 0 saturated heterocycles. The van der Waals surface area contributed by atoms with Gasteiger partial charge in [0.25, 0.3) is 0 Å². The molecular formula is C20H25ClN2O. The fourth-order valence-corrected chi connectivity index (χ4v) is 2.68. The van der Waals surface area contributed by atoms with E-state index in [4.69, 9.17) is 11.6 Å². The van der Waals surface area contributed by atoms with Crippen molar-refractivity contribution in [1.82, 2.24) is 4.90 Å². The minimum atomic E-state index is 0.152. The number of anilines is 1. The molecule has 4 heteroatoms. The molecule has 0 radical (unpaired) electrons. The molecule has 0 aromatic heterocycles. The minimum absolute atomic E-state index is 0.152. The maximum atomic E-state index is 12.6. The molecule has 2 aromatic rings. The number of rotatable bonds is 7. The van der Waals surface area contributed by atoms with Crippen LogP contribution in [0.25, 0.3) is 0 Å². The molecule has 0 saturated carbocycles. The van der Waals surface area contributed by atoms with Gasteiger partial charge < -0.3 is 10.2 Å². The Hall–Kier alpha value is -2.00. The van der Waals surface area contributed by atoms with E-state index in [-0.39, 0.29) is 11.9 Å². The second-order valence-corrected chi connectivity index (χ2v) is 6.65. The zero-order chi connectivity index (χ0) is 17.5. The number of nitrogens with zero attached hydrogens (tertiary/aromatic N) is 1. The van der Waals surface area contributed by atoms with Crippen LogP contribution in [0.15, 0.2) is 48.5 Å². The lowest BCUT2D eigenvalue weighted by Gasteiger charge is -2.27. The molecule has 0 heterocycles. The van der Waals surface area contributed by atoms with Crippen molar-refractivity contribution in [1.29, 1.82) is 0 Å². The summed E-state index contributed by atoms with van der Waals surface area (Å²) in [5.41, 5.74) is 3.14. The third kappa shape index (κ3) is 5.27. The average molecular weight is 345 g/mol. The first kappa shape index (κ1) is 18.3. The van der Waals surface area contributed by atoms with Crippen molar-refractivity contribution in [3.63, 3.8) is 0 Å². The van der Waals surface area contributed by atoms with Gasteiger partial charge >= 0.3 is 0 Å². The van der Waals surface area contributed by atoms with E-state index in [1.54, 1.807) is 0 Å². The Labute approximate surface area is 149 Å². The fraction of sp³-hybridized carbons (Fsp3) is 0.350. The molecule has 0 aliphatic rings. The molecule has 3 nitrogen and oxygen atoms in total. The Kier molecular flexibility index (Phi) is 6.68. The van der Waals surface area contributed by atoms with Crippen LogP contribution in [0, 0.1) is 6.92 Å². The predicted octanol–water partition coefficient (Wildman–Crippen LogP) is 4.89. The first-order chi connectivity index (χ1) is 11.5. The van der Waals surface area contributed by atoms with Gasteiger partial charge in [0.15, 0.2) is 0 Å². The van der Waals surface area contributed by atoms with Crippen molar-refractivity contribution in [2.75, 3.05) is 11.9 Å². The number of carbonyl (C=O) groups is 1. The normalized spacial score (nSPS) is 10.7. The zero-order valence-corrected chi connectivity index (χ0v) is 15.3. The second-order valence-electron chi connectivity index (χ2n) is 6.24. The molecule has 0 fully saturated rings. The van der Waals surface area contributed by atoms with E-state index in [2.05, 4.69) is 17.4 Å². The number of halogens is 1. The van der Waals surface area contributed by atoms with Gasteiger partial charge in [-0.1, -0.05) is 48.0 Å². The van der Waals surface area contributed by atoms with Gasteiger partial charge in [-0.05, 0) is 44.0 Å². The summed E-state index contributed by atoms with van der Waals surface area (Å²) < 4.78 is 0. The number of hydrogen-bond acceptors (Lipinski definition) is 2. The van der Waals surface area contributed by atoms with E-state index in [1.807, 2.05) is 62.1 Å². The van der Waals surface area contributed by atoms with Crippen LogP contribution in [0.4, 0.5) is 5.69 Å². The van der Waals surface area contributed by atoms with E-state index in [0.29, 0.717) is 19.5 Å². The molecule has 1 N–H and O–H groups in total. The number of benzene rings is 2.